The second kappa shape index (κ2) is 5.05. The van der Waals surface area contributed by atoms with Crippen LogP contribution >= 0.6 is 0 Å². The number of hydrogen-bond acceptors (Lipinski definition) is 5. The van der Waals surface area contributed by atoms with Crippen LogP contribution in [0.4, 0.5) is 10.2 Å². The molecule has 104 valence electrons. The Morgan fingerprint density at radius 1 is 1.30 bits per heavy atom. The van der Waals surface area contributed by atoms with Crippen LogP contribution in [0.15, 0.2) is 18.2 Å². The van der Waals surface area contributed by atoms with Gasteiger partial charge in [0.15, 0.2) is 5.82 Å². The van der Waals surface area contributed by atoms with Gasteiger partial charge in [-0.25, -0.2) is 14.4 Å². The molecule has 3 rings (SSSR count). The molecular weight excluding hydrogens is 261 g/mol. The van der Waals surface area contributed by atoms with Crippen LogP contribution in [0, 0.1) is 5.82 Å². The molecule has 2 N–H and O–H groups in total. The van der Waals surface area contributed by atoms with Crippen molar-refractivity contribution in [3.05, 3.63) is 35.3 Å². The van der Waals surface area contributed by atoms with Crippen molar-refractivity contribution in [3.63, 3.8) is 0 Å². The maximum absolute atomic E-state index is 13.4. The molecule has 0 fully saturated rings. The van der Waals surface area contributed by atoms with Gasteiger partial charge in [-0.3, -0.25) is 0 Å². The highest BCUT2D eigenvalue weighted by Gasteiger charge is 2.18. The highest BCUT2D eigenvalue weighted by atomic mass is 19.1. The zero-order valence-corrected chi connectivity index (χ0v) is 11.0. The monoisotopic (exact) mass is 275 g/mol. The maximum atomic E-state index is 13.4. The van der Waals surface area contributed by atoms with E-state index in [1.54, 1.807) is 7.05 Å². The lowest BCUT2D eigenvalue weighted by Crippen LogP contribution is -2.16. The van der Waals surface area contributed by atoms with Gasteiger partial charge < -0.3 is 15.2 Å². The molecule has 2 aromatic rings. The molecule has 0 aliphatic carbocycles. The number of nitrogens with zero attached hydrogens (tertiary/aromatic N) is 2. The minimum atomic E-state index is -0.518. The molecule has 20 heavy (non-hydrogen) atoms. The number of nitrogens with one attached hydrogen (secondary N) is 1. The molecule has 2 heterocycles. The number of aromatic nitrogens is 2. The number of halogens is 1. The Balaban J connectivity index is 2.14. The van der Waals surface area contributed by atoms with Gasteiger partial charge in [0.2, 0.25) is 0 Å². The van der Waals surface area contributed by atoms with Crippen LogP contribution in [0.2, 0.25) is 0 Å². The molecule has 1 aromatic carbocycles. The van der Waals surface area contributed by atoms with E-state index in [1.807, 2.05) is 0 Å². The van der Waals surface area contributed by atoms with Gasteiger partial charge in [0.25, 0.3) is 0 Å². The lowest BCUT2D eigenvalue weighted by Gasteiger charge is -2.19. The first-order valence-corrected chi connectivity index (χ1v) is 6.32. The summed E-state index contributed by atoms with van der Waals surface area (Å²) in [5, 5.41) is 12.5. The van der Waals surface area contributed by atoms with Crippen LogP contribution in [0.25, 0.3) is 11.4 Å². The van der Waals surface area contributed by atoms with Crippen molar-refractivity contribution >= 4 is 5.82 Å². The first-order chi connectivity index (χ1) is 9.67. The Bertz CT molecular complexity index is 624. The van der Waals surface area contributed by atoms with Crippen LogP contribution in [0.3, 0.4) is 0 Å². The van der Waals surface area contributed by atoms with Crippen LogP contribution in [0.5, 0.6) is 5.75 Å². The van der Waals surface area contributed by atoms with E-state index in [-0.39, 0.29) is 5.75 Å². The summed E-state index contributed by atoms with van der Waals surface area (Å²) in [6, 6.07) is 3.80. The molecular formula is C14H14FN3O2. The summed E-state index contributed by atoms with van der Waals surface area (Å²) in [7, 11) is 1.77. The number of hydrogen-bond donors (Lipinski definition) is 2. The number of phenols is 1. The first kappa shape index (κ1) is 12.8. The third kappa shape index (κ3) is 2.30. The molecule has 0 saturated carbocycles. The largest absolute Gasteiger partial charge is 0.508 e. The van der Waals surface area contributed by atoms with E-state index in [0.717, 1.165) is 17.3 Å². The van der Waals surface area contributed by atoms with E-state index >= 15 is 0 Å². The lowest BCUT2D eigenvalue weighted by molar-refractivity contribution is 0.109. The van der Waals surface area contributed by atoms with Crippen molar-refractivity contribution in [1.82, 2.24) is 9.97 Å². The van der Waals surface area contributed by atoms with Crippen LogP contribution in [-0.4, -0.2) is 28.7 Å². The van der Waals surface area contributed by atoms with E-state index in [0.29, 0.717) is 36.8 Å². The summed E-state index contributed by atoms with van der Waals surface area (Å²) >= 11 is 0. The summed E-state index contributed by atoms with van der Waals surface area (Å²) < 4.78 is 18.8. The number of anilines is 1. The fourth-order valence-electron chi connectivity index (χ4n) is 2.27. The first-order valence-electron chi connectivity index (χ1n) is 6.32. The van der Waals surface area contributed by atoms with Crippen LogP contribution in [-0.2, 0) is 17.8 Å². The molecule has 6 heteroatoms. The van der Waals surface area contributed by atoms with Crippen molar-refractivity contribution in [1.29, 1.82) is 0 Å². The molecule has 0 spiro atoms. The molecule has 0 atom stereocenters. The number of ether oxygens (including phenoxy) is 1. The summed E-state index contributed by atoms with van der Waals surface area (Å²) in [6.07, 6.45) is 0.695. The van der Waals surface area contributed by atoms with Crippen molar-refractivity contribution < 1.29 is 14.2 Å². The zero-order chi connectivity index (χ0) is 14.1. The average Bonchev–Trinajstić information content (AvgIpc) is 2.45. The molecule has 1 aliphatic rings. The van der Waals surface area contributed by atoms with Crippen LogP contribution < -0.4 is 5.32 Å². The van der Waals surface area contributed by atoms with Crippen molar-refractivity contribution in [2.75, 3.05) is 19.0 Å². The second-order valence-electron chi connectivity index (χ2n) is 4.57. The molecule has 0 radical (unpaired) electrons. The number of rotatable bonds is 2. The zero-order valence-electron chi connectivity index (χ0n) is 11.0. The number of fused-ring (bicyclic) bond motifs is 1. The van der Waals surface area contributed by atoms with Gasteiger partial charge in [-0.05, 0) is 12.1 Å². The maximum Gasteiger partial charge on any atom is 0.162 e. The normalized spacial score (nSPS) is 13.9. The van der Waals surface area contributed by atoms with E-state index in [1.165, 1.54) is 12.1 Å². The van der Waals surface area contributed by atoms with Gasteiger partial charge >= 0.3 is 0 Å². The summed E-state index contributed by atoms with van der Waals surface area (Å²) in [6.45, 7) is 1.08. The van der Waals surface area contributed by atoms with Crippen molar-refractivity contribution in [3.8, 4) is 17.1 Å². The third-order valence-electron chi connectivity index (χ3n) is 3.20. The third-order valence-corrected chi connectivity index (χ3v) is 3.20. The molecule has 0 bridgehead atoms. The minimum Gasteiger partial charge on any atom is -0.508 e. The molecule has 1 aromatic heterocycles. The molecule has 1 aliphatic heterocycles. The highest BCUT2D eigenvalue weighted by molar-refractivity contribution is 5.61. The summed E-state index contributed by atoms with van der Waals surface area (Å²) in [4.78, 5) is 8.84. The Morgan fingerprint density at radius 3 is 2.90 bits per heavy atom. The van der Waals surface area contributed by atoms with E-state index in [2.05, 4.69) is 15.3 Å². The van der Waals surface area contributed by atoms with Gasteiger partial charge in [0, 0.05) is 30.7 Å². The summed E-state index contributed by atoms with van der Waals surface area (Å²) in [5.74, 6) is 0.407. The van der Waals surface area contributed by atoms with Gasteiger partial charge in [0.1, 0.15) is 17.4 Å². The quantitative estimate of drug-likeness (QED) is 0.878. The van der Waals surface area contributed by atoms with E-state index < -0.39 is 5.82 Å². The summed E-state index contributed by atoms with van der Waals surface area (Å²) in [5.41, 5.74) is 2.28. The molecule has 0 saturated heterocycles. The average molecular weight is 275 g/mol. The number of benzene rings is 1. The van der Waals surface area contributed by atoms with Gasteiger partial charge in [-0.1, -0.05) is 0 Å². The predicted octanol–water partition coefficient (Wildman–Crippen LogP) is 2.10. The molecule has 0 amide bonds. The fourth-order valence-corrected chi connectivity index (χ4v) is 2.27. The Hall–Kier alpha value is -2.21. The van der Waals surface area contributed by atoms with Gasteiger partial charge in [0.05, 0.1) is 18.9 Å². The van der Waals surface area contributed by atoms with Gasteiger partial charge in [-0.2, -0.15) is 0 Å². The van der Waals surface area contributed by atoms with Crippen LogP contribution in [0.1, 0.15) is 11.3 Å². The predicted molar refractivity (Wildman–Crippen MR) is 72.0 cm³/mol. The number of phenolic OH excluding ortho intramolecular Hbond substituents is 1. The topological polar surface area (TPSA) is 67.3 Å². The molecule has 0 unspecified atom stereocenters. The Morgan fingerprint density at radius 2 is 2.15 bits per heavy atom. The van der Waals surface area contributed by atoms with E-state index in [4.69, 9.17) is 4.74 Å². The number of aromatic hydroxyl groups is 1. The standard InChI is InChI=1S/C14H14FN3O2/c1-16-14-11-7-20-3-2-12(11)17-13(18-14)8-4-9(15)6-10(19)5-8/h4-6,19H,2-3,7H2,1H3,(H,16,17,18). The Labute approximate surface area is 115 Å². The fraction of sp³-hybridized carbons (Fsp3) is 0.286. The van der Waals surface area contributed by atoms with Gasteiger partial charge in [-0.15, -0.1) is 0 Å². The lowest BCUT2D eigenvalue weighted by atomic mass is 10.1. The van der Waals surface area contributed by atoms with Crippen molar-refractivity contribution in [2.24, 2.45) is 0 Å². The van der Waals surface area contributed by atoms with Crippen molar-refractivity contribution in [2.45, 2.75) is 13.0 Å². The van der Waals surface area contributed by atoms with E-state index in [9.17, 15) is 9.50 Å². The second-order valence-corrected chi connectivity index (χ2v) is 4.57. The Kier molecular flexibility index (Phi) is 3.23. The highest BCUT2D eigenvalue weighted by Crippen LogP contribution is 2.28. The smallest absolute Gasteiger partial charge is 0.162 e. The molecule has 5 nitrogen and oxygen atoms in total. The SMILES string of the molecule is CNc1nc(-c2cc(O)cc(F)c2)nc2c1COCC2. The minimum absolute atomic E-state index is 0.143.